The van der Waals surface area contributed by atoms with E-state index in [9.17, 15) is 9.59 Å². The molecule has 186 valence electrons. The Morgan fingerprint density at radius 3 is 2.64 bits per heavy atom. The summed E-state index contributed by atoms with van der Waals surface area (Å²) in [5.41, 5.74) is 4.06. The Labute approximate surface area is 214 Å². The normalized spacial score (nSPS) is 14.2. The van der Waals surface area contributed by atoms with Gasteiger partial charge >= 0.3 is 0 Å². The SMILES string of the molecule is CCOc1cc(/C=C2/NC(=S)N(c3cn(C)nc3C)C2=O)ccc1OCC(=O)Nc1ccccc1C. The number of carbonyl (C=O) groups excluding carboxylic acids is 2. The van der Waals surface area contributed by atoms with Crippen LogP contribution in [0, 0.1) is 13.8 Å². The monoisotopic (exact) mass is 505 g/mol. The topological polar surface area (TPSA) is 97.7 Å². The van der Waals surface area contributed by atoms with Crippen molar-refractivity contribution in [1.82, 2.24) is 15.1 Å². The fourth-order valence-corrected chi connectivity index (χ4v) is 4.06. The van der Waals surface area contributed by atoms with E-state index in [1.807, 2.05) is 45.0 Å². The maximum Gasteiger partial charge on any atom is 0.281 e. The van der Waals surface area contributed by atoms with Crippen LogP contribution >= 0.6 is 12.2 Å². The van der Waals surface area contributed by atoms with Gasteiger partial charge in [-0.1, -0.05) is 24.3 Å². The molecule has 1 aliphatic rings. The third-order valence-corrected chi connectivity index (χ3v) is 5.75. The van der Waals surface area contributed by atoms with Crippen LogP contribution < -0.4 is 25.0 Å². The predicted octanol–water partition coefficient (Wildman–Crippen LogP) is 3.72. The third kappa shape index (κ3) is 5.38. The van der Waals surface area contributed by atoms with Crippen LogP contribution in [0.15, 0.2) is 54.4 Å². The van der Waals surface area contributed by atoms with Gasteiger partial charge in [0, 0.05) is 18.9 Å². The number of thiocarbonyl (C=S) groups is 1. The summed E-state index contributed by atoms with van der Waals surface area (Å²) < 4.78 is 13.1. The van der Waals surface area contributed by atoms with E-state index in [0.29, 0.717) is 40.7 Å². The Bertz CT molecular complexity index is 1360. The molecule has 2 amide bonds. The lowest BCUT2D eigenvalue weighted by molar-refractivity contribution is -0.118. The Morgan fingerprint density at radius 2 is 1.94 bits per heavy atom. The first-order valence-electron chi connectivity index (χ1n) is 11.4. The van der Waals surface area contributed by atoms with E-state index in [-0.39, 0.29) is 23.5 Å². The summed E-state index contributed by atoms with van der Waals surface area (Å²) in [7, 11) is 1.79. The van der Waals surface area contributed by atoms with Crippen LogP contribution in [0.1, 0.15) is 23.7 Å². The van der Waals surface area contributed by atoms with E-state index in [1.165, 1.54) is 4.90 Å². The molecule has 2 heterocycles. The molecule has 0 radical (unpaired) electrons. The van der Waals surface area contributed by atoms with Gasteiger partial charge in [0.15, 0.2) is 23.2 Å². The van der Waals surface area contributed by atoms with Crippen molar-refractivity contribution >= 4 is 46.6 Å². The van der Waals surface area contributed by atoms with Gasteiger partial charge in [0.1, 0.15) is 5.70 Å². The predicted molar refractivity (Wildman–Crippen MR) is 142 cm³/mol. The molecule has 0 spiro atoms. The maximum absolute atomic E-state index is 13.1. The summed E-state index contributed by atoms with van der Waals surface area (Å²) in [6.45, 7) is 5.82. The van der Waals surface area contributed by atoms with E-state index >= 15 is 0 Å². The van der Waals surface area contributed by atoms with Crippen molar-refractivity contribution in [1.29, 1.82) is 0 Å². The second-order valence-electron chi connectivity index (χ2n) is 8.19. The molecule has 0 unspecified atom stereocenters. The first kappa shape index (κ1) is 24.9. The molecule has 9 nitrogen and oxygen atoms in total. The van der Waals surface area contributed by atoms with E-state index in [2.05, 4.69) is 15.7 Å². The number of rotatable bonds is 8. The Morgan fingerprint density at radius 1 is 1.17 bits per heavy atom. The average Bonchev–Trinajstić information content (AvgIpc) is 3.30. The molecule has 10 heteroatoms. The van der Waals surface area contributed by atoms with Crippen molar-refractivity contribution in [3.05, 3.63) is 71.2 Å². The zero-order valence-corrected chi connectivity index (χ0v) is 21.3. The van der Waals surface area contributed by atoms with Gasteiger partial charge in [-0.25, -0.2) is 4.90 Å². The number of amides is 2. The van der Waals surface area contributed by atoms with Crippen LogP contribution in [-0.2, 0) is 16.6 Å². The van der Waals surface area contributed by atoms with E-state index < -0.39 is 0 Å². The molecule has 3 aromatic rings. The maximum atomic E-state index is 13.1. The number of hydrogen-bond donors (Lipinski definition) is 2. The van der Waals surface area contributed by atoms with Crippen LogP contribution in [0.4, 0.5) is 11.4 Å². The van der Waals surface area contributed by atoms with Gasteiger partial charge in [0.25, 0.3) is 11.8 Å². The van der Waals surface area contributed by atoms with Crippen LogP contribution in [0.3, 0.4) is 0 Å². The average molecular weight is 506 g/mol. The second kappa shape index (κ2) is 10.6. The highest BCUT2D eigenvalue weighted by Crippen LogP contribution is 2.31. The highest BCUT2D eigenvalue weighted by Gasteiger charge is 2.34. The van der Waals surface area contributed by atoms with Crippen molar-refractivity contribution < 1.29 is 19.1 Å². The smallest absolute Gasteiger partial charge is 0.281 e. The number of hydrogen-bond acceptors (Lipinski definition) is 6. The minimum absolute atomic E-state index is 0.178. The minimum Gasteiger partial charge on any atom is -0.490 e. The van der Waals surface area contributed by atoms with E-state index in [0.717, 1.165) is 11.3 Å². The molecule has 1 aromatic heterocycles. The molecular weight excluding hydrogens is 478 g/mol. The summed E-state index contributed by atoms with van der Waals surface area (Å²) >= 11 is 5.40. The minimum atomic E-state index is -0.280. The summed E-state index contributed by atoms with van der Waals surface area (Å²) in [6, 6.07) is 12.8. The number of ether oxygens (including phenoxy) is 2. The molecule has 0 aliphatic carbocycles. The second-order valence-corrected chi connectivity index (χ2v) is 8.58. The fraction of sp³-hybridized carbons (Fsp3) is 0.231. The molecule has 4 rings (SSSR count). The third-order valence-electron chi connectivity index (χ3n) is 5.46. The van der Waals surface area contributed by atoms with Gasteiger partial charge in [0.05, 0.1) is 18.0 Å². The zero-order chi connectivity index (χ0) is 25.8. The standard InChI is InChI=1S/C26H27N5O4S/c1-5-34-23-13-18(10-11-22(23)35-15-24(32)27-19-9-7-6-8-16(19)2)12-20-25(33)31(26(36)28-20)21-14-30(4)29-17(21)3/h6-14H,5,15H2,1-4H3,(H,27,32)(H,28,36)/b20-12+. The van der Waals surface area contributed by atoms with Gasteiger partial charge in [-0.15, -0.1) is 0 Å². The number of carbonyl (C=O) groups is 2. The Hall–Kier alpha value is -4.18. The van der Waals surface area contributed by atoms with E-state index in [1.54, 1.807) is 42.2 Å². The first-order chi connectivity index (χ1) is 17.3. The lowest BCUT2D eigenvalue weighted by atomic mass is 10.1. The van der Waals surface area contributed by atoms with Crippen molar-refractivity contribution in [2.75, 3.05) is 23.4 Å². The molecule has 1 fully saturated rings. The summed E-state index contributed by atoms with van der Waals surface area (Å²) in [5.74, 6) is 0.330. The molecule has 2 N–H and O–H groups in total. The molecule has 0 saturated carbocycles. The highest BCUT2D eigenvalue weighted by molar-refractivity contribution is 7.80. The first-order valence-corrected chi connectivity index (χ1v) is 11.8. The Kier molecular flexibility index (Phi) is 7.35. The van der Waals surface area contributed by atoms with Gasteiger partial charge in [-0.3, -0.25) is 14.3 Å². The Balaban J connectivity index is 1.49. The van der Waals surface area contributed by atoms with Gasteiger partial charge in [-0.05, 0) is 68.4 Å². The van der Waals surface area contributed by atoms with Crippen molar-refractivity contribution in [3.63, 3.8) is 0 Å². The number of nitrogens with one attached hydrogen (secondary N) is 2. The summed E-state index contributed by atoms with van der Waals surface area (Å²) in [4.78, 5) is 26.9. The number of para-hydroxylation sites is 1. The fourth-order valence-electron chi connectivity index (χ4n) is 3.77. The zero-order valence-electron chi connectivity index (χ0n) is 20.5. The highest BCUT2D eigenvalue weighted by atomic mass is 32.1. The largest absolute Gasteiger partial charge is 0.490 e. The van der Waals surface area contributed by atoms with Crippen molar-refractivity contribution in [2.24, 2.45) is 7.05 Å². The van der Waals surface area contributed by atoms with Crippen molar-refractivity contribution in [2.45, 2.75) is 20.8 Å². The van der Waals surface area contributed by atoms with Gasteiger partial charge < -0.3 is 20.1 Å². The quantitative estimate of drug-likeness (QED) is 0.356. The molecule has 0 atom stereocenters. The van der Waals surface area contributed by atoms with Crippen LogP contribution in [0.5, 0.6) is 11.5 Å². The number of benzene rings is 2. The number of anilines is 2. The number of aryl methyl sites for hydroxylation is 3. The molecule has 36 heavy (non-hydrogen) atoms. The molecule has 2 aromatic carbocycles. The lowest BCUT2D eigenvalue weighted by Gasteiger charge is -2.13. The number of nitrogens with zero attached hydrogens (tertiary/aromatic N) is 3. The summed E-state index contributed by atoms with van der Waals surface area (Å²) in [6.07, 6.45) is 3.44. The molecular formula is C26H27N5O4S. The molecule has 1 saturated heterocycles. The van der Waals surface area contributed by atoms with Gasteiger partial charge in [0.2, 0.25) is 0 Å². The lowest BCUT2D eigenvalue weighted by Crippen LogP contribution is -2.30. The molecule has 1 aliphatic heterocycles. The molecule has 0 bridgehead atoms. The van der Waals surface area contributed by atoms with Crippen LogP contribution in [-0.4, -0.2) is 39.9 Å². The van der Waals surface area contributed by atoms with Gasteiger partial charge in [-0.2, -0.15) is 5.10 Å². The summed E-state index contributed by atoms with van der Waals surface area (Å²) in [5, 5.41) is 10.4. The van der Waals surface area contributed by atoms with Crippen molar-refractivity contribution in [3.8, 4) is 11.5 Å². The number of aromatic nitrogens is 2. The van der Waals surface area contributed by atoms with Crippen LogP contribution in [0.25, 0.3) is 6.08 Å². The van der Waals surface area contributed by atoms with E-state index in [4.69, 9.17) is 21.7 Å². The van der Waals surface area contributed by atoms with Crippen LogP contribution in [0.2, 0.25) is 0 Å².